The van der Waals surface area contributed by atoms with Crippen LogP contribution in [0.15, 0.2) is 78.9 Å². The van der Waals surface area contributed by atoms with Crippen LogP contribution < -0.4 is 14.2 Å². The highest BCUT2D eigenvalue weighted by molar-refractivity contribution is 7.90. The van der Waals surface area contributed by atoms with E-state index in [4.69, 9.17) is 14.3 Å². The van der Waals surface area contributed by atoms with Gasteiger partial charge in [0.2, 0.25) is 10.0 Å². The Morgan fingerprint density at radius 2 is 1.73 bits per heavy atom. The van der Waals surface area contributed by atoms with E-state index in [0.717, 1.165) is 16.9 Å². The highest BCUT2D eigenvalue weighted by Gasteiger charge is 2.43. The van der Waals surface area contributed by atoms with Crippen molar-refractivity contribution < 1.29 is 22.7 Å². The summed E-state index contributed by atoms with van der Waals surface area (Å²) in [5, 5.41) is 0.846. The maximum Gasteiger partial charge on any atom is 0.218 e. The molecule has 0 saturated carbocycles. The molecule has 3 aromatic rings. The summed E-state index contributed by atoms with van der Waals surface area (Å²) >= 11 is 0. The van der Waals surface area contributed by atoms with E-state index in [1.54, 1.807) is 19.2 Å². The molecule has 1 aliphatic heterocycles. The number of sulfonamides is 1. The number of rotatable bonds is 9. The van der Waals surface area contributed by atoms with Gasteiger partial charge in [0.25, 0.3) is 0 Å². The Morgan fingerprint density at radius 3 is 2.52 bits per heavy atom. The van der Waals surface area contributed by atoms with Crippen molar-refractivity contribution in [1.29, 1.82) is 0 Å². The van der Waals surface area contributed by atoms with Crippen LogP contribution in [0.2, 0.25) is 0 Å². The normalized spacial score (nSPS) is 18.8. The number of para-hydroxylation sites is 2. The minimum Gasteiger partial charge on any atom is -0.496 e. The standard InChI is InChI=1S/C25H28N2O5S/c1-27-25(20-10-8-13-22(17-20)32-21-11-4-3-5-12-21)24(18-31-27)33(28,29)26-16-15-19-9-6-7-14-23(19)30-2/h3-14,17,24-26H,15-16,18H2,1-2H3/t24-,25+/m0/s1. The predicted octanol–water partition coefficient (Wildman–Crippen LogP) is 3.94. The molecule has 3 aromatic carbocycles. The summed E-state index contributed by atoms with van der Waals surface area (Å²) in [6.07, 6.45) is 0.526. The molecule has 1 saturated heterocycles. The Morgan fingerprint density at radius 1 is 1.00 bits per heavy atom. The van der Waals surface area contributed by atoms with Crippen LogP contribution in [0.5, 0.6) is 17.2 Å². The van der Waals surface area contributed by atoms with E-state index in [1.165, 1.54) is 0 Å². The van der Waals surface area contributed by atoms with Gasteiger partial charge in [-0.3, -0.25) is 4.84 Å². The lowest BCUT2D eigenvalue weighted by Gasteiger charge is -2.23. The van der Waals surface area contributed by atoms with Crippen LogP contribution >= 0.6 is 0 Å². The molecule has 1 fully saturated rings. The summed E-state index contributed by atoms with van der Waals surface area (Å²) in [5.74, 6) is 2.10. The van der Waals surface area contributed by atoms with Gasteiger partial charge >= 0.3 is 0 Å². The Kier molecular flexibility index (Phi) is 7.29. The van der Waals surface area contributed by atoms with Gasteiger partial charge in [0.15, 0.2) is 0 Å². The van der Waals surface area contributed by atoms with E-state index in [-0.39, 0.29) is 13.2 Å². The van der Waals surface area contributed by atoms with E-state index < -0.39 is 21.3 Å². The van der Waals surface area contributed by atoms with E-state index in [9.17, 15) is 8.42 Å². The Bertz CT molecular complexity index is 1170. The maximum atomic E-state index is 13.2. The fourth-order valence-electron chi connectivity index (χ4n) is 4.01. The summed E-state index contributed by atoms with van der Waals surface area (Å²) in [6.45, 7) is 0.349. The molecule has 0 radical (unpaired) electrons. The molecule has 2 atom stereocenters. The first-order chi connectivity index (χ1) is 16.0. The zero-order chi connectivity index (χ0) is 23.3. The van der Waals surface area contributed by atoms with Crippen LogP contribution in [0.25, 0.3) is 0 Å². The summed E-state index contributed by atoms with van der Waals surface area (Å²) in [7, 11) is -0.294. The Balaban J connectivity index is 1.48. The van der Waals surface area contributed by atoms with Crippen molar-refractivity contribution in [2.45, 2.75) is 17.7 Å². The van der Waals surface area contributed by atoms with Crippen molar-refractivity contribution in [3.8, 4) is 17.2 Å². The van der Waals surface area contributed by atoms with Crippen LogP contribution in [0.3, 0.4) is 0 Å². The highest BCUT2D eigenvalue weighted by Crippen LogP contribution is 2.35. The number of hydrogen-bond donors (Lipinski definition) is 1. The fraction of sp³-hybridized carbons (Fsp3) is 0.280. The first kappa shape index (κ1) is 23.3. The molecule has 0 amide bonds. The first-order valence-electron chi connectivity index (χ1n) is 10.8. The topological polar surface area (TPSA) is 77.1 Å². The Labute approximate surface area is 194 Å². The molecule has 4 rings (SSSR count). The van der Waals surface area contributed by atoms with Gasteiger partial charge in [0.05, 0.1) is 19.8 Å². The van der Waals surface area contributed by atoms with Crippen molar-refractivity contribution in [2.24, 2.45) is 0 Å². The van der Waals surface area contributed by atoms with E-state index in [0.29, 0.717) is 17.9 Å². The number of methoxy groups -OCH3 is 1. The molecular formula is C25H28N2O5S. The molecule has 1 aliphatic rings. The summed E-state index contributed by atoms with van der Waals surface area (Å²) in [5.41, 5.74) is 1.76. The Hall–Kier alpha value is -2.91. The average Bonchev–Trinajstić information content (AvgIpc) is 3.22. The van der Waals surface area contributed by atoms with E-state index in [1.807, 2.05) is 78.9 Å². The quantitative estimate of drug-likeness (QED) is 0.513. The summed E-state index contributed by atoms with van der Waals surface area (Å²) in [6, 6.07) is 24.1. The van der Waals surface area contributed by atoms with Gasteiger partial charge in [-0.2, -0.15) is 5.06 Å². The molecule has 1 heterocycles. The number of benzene rings is 3. The van der Waals surface area contributed by atoms with Gasteiger partial charge in [0.1, 0.15) is 22.5 Å². The number of hydroxylamine groups is 2. The molecule has 7 nitrogen and oxygen atoms in total. The van der Waals surface area contributed by atoms with Crippen molar-refractivity contribution in [1.82, 2.24) is 9.79 Å². The SMILES string of the molecule is COc1ccccc1CCNS(=O)(=O)[C@H]1CON(C)[C@@H]1c1cccc(Oc2ccccc2)c1. The lowest BCUT2D eigenvalue weighted by Crippen LogP contribution is -2.40. The number of hydrogen-bond acceptors (Lipinski definition) is 6. The molecule has 0 aromatic heterocycles. The molecule has 8 heteroatoms. The molecule has 33 heavy (non-hydrogen) atoms. The average molecular weight is 469 g/mol. The minimum absolute atomic E-state index is 0.0783. The van der Waals surface area contributed by atoms with Gasteiger partial charge in [-0.15, -0.1) is 0 Å². The summed E-state index contributed by atoms with van der Waals surface area (Å²) in [4.78, 5) is 5.63. The molecule has 0 aliphatic carbocycles. The predicted molar refractivity (Wildman–Crippen MR) is 127 cm³/mol. The second kappa shape index (κ2) is 10.4. The monoisotopic (exact) mass is 468 g/mol. The molecule has 0 spiro atoms. The lowest BCUT2D eigenvalue weighted by molar-refractivity contribution is -0.110. The third kappa shape index (κ3) is 5.54. The zero-order valence-corrected chi connectivity index (χ0v) is 19.5. The zero-order valence-electron chi connectivity index (χ0n) is 18.7. The number of nitrogens with one attached hydrogen (secondary N) is 1. The minimum atomic E-state index is -3.65. The van der Waals surface area contributed by atoms with Crippen LogP contribution in [0, 0.1) is 0 Å². The first-order valence-corrected chi connectivity index (χ1v) is 12.3. The van der Waals surface area contributed by atoms with E-state index >= 15 is 0 Å². The second-order valence-corrected chi connectivity index (χ2v) is 9.80. The van der Waals surface area contributed by atoms with Gasteiger partial charge in [-0.25, -0.2) is 13.1 Å². The van der Waals surface area contributed by atoms with Crippen LogP contribution in [0.4, 0.5) is 0 Å². The van der Waals surface area contributed by atoms with Gasteiger partial charge in [0, 0.05) is 13.6 Å². The smallest absolute Gasteiger partial charge is 0.218 e. The molecule has 1 N–H and O–H groups in total. The van der Waals surface area contributed by atoms with Crippen molar-refractivity contribution in [3.05, 3.63) is 90.0 Å². The van der Waals surface area contributed by atoms with Crippen LogP contribution in [-0.4, -0.2) is 46.0 Å². The summed E-state index contributed by atoms with van der Waals surface area (Å²) < 4.78 is 40.4. The fourth-order valence-corrected chi connectivity index (χ4v) is 5.52. The third-order valence-electron chi connectivity index (χ3n) is 5.65. The highest BCUT2D eigenvalue weighted by atomic mass is 32.2. The largest absolute Gasteiger partial charge is 0.496 e. The lowest BCUT2D eigenvalue weighted by atomic mass is 10.0. The van der Waals surface area contributed by atoms with Crippen molar-refractivity contribution >= 4 is 10.0 Å². The molecule has 0 unspecified atom stereocenters. The molecule has 0 bridgehead atoms. The van der Waals surface area contributed by atoms with Crippen molar-refractivity contribution in [3.63, 3.8) is 0 Å². The van der Waals surface area contributed by atoms with Crippen LogP contribution in [0.1, 0.15) is 17.2 Å². The molecule has 174 valence electrons. The number of ether oxygens (including phenoxy) is 2. The molecular weight excluding hydrogens is 440 g/mol. The number of nitrogens with zero attached hydrogens (tertiary/aromatic N) is 1. The maximum absolute atomic E-state index is 13.2. The third-order valence-corrected chi connectivity index (χ3v) is 7.45. The van der Waals surface area contributed by atoms with Crippen LogP contribution in [-0.2, 0) is 21.3 Å². The van der Waals surface area contributed by atoms with Gasteiger partial charge in [-0.1, -0.05) is 48.5 Å². The second-order valence-electron chi connectivity index (χ2n) is 7.81. The van der Waals surface area contributed by atoms with Crippen molar-refractivity contribution in [2.75, 3.05) is 27.3 Å². The van der Waals surface area contributed by atoms with Gasteiger partial charge in [-0.05, 0) is 47.9 Å². The van der Waals surface area contributed by atoms with Gasteiger partial charge < -0.3 is 9.47 Å². The van der Waals surface area contributed by atoms with E-state index in [2.05, 4.69) is 4.72 Å².